The van der Waals surface area contributed by atoms with Crippen LogP contribution >= 0.6 is 0 Å². The fourth-order valence-corrected chi connectivity index (χ4v) is 2.11. The Kier molecular flexibility index (Phi) is 5.60. The van der Waals surface area contributed by atoms with Gasteiger partial charge in [0.1, 0.15) is 0 Å². The van der Waals surface area contributed by atoms with Gasteiger partial charge in [-0.15, -0.1) is 0 Å². The highest BCUT2D eigenvalue weighted by molar-refractivity contribution is 5.33. The summed E-state index contributed by atoms with van der Waals surface area (Å²) in [4.78, 5) is 0. The third kappa shape index (κ3) is 5.85. The Bertz CT molecular complexity index is 588. The third-order valence-corrected chi connectivity index (χ3v) is 3.35. The van der Waals surface area contributed by atoms with Crippen molar-refractivity contribution in [1.82, 2.24) is 5.32 Å². The first kappa shape index (κ1) is 15.4. The highest BCUT2D eigenvalue weighted by atomic mass is 14.9. The highest BCUT2D eigenvalue weighted by Crippen LogP contribution is 2.18. The van der Waals surface area contributed by atoms with E-state index in [2.05, 4.69) is 55.3 Å². The molecule has 0 atom stereocenters. The largest absolute Gasteiger partial charge is 0.312 e. The molecule has 0 radical (unpaired) electrons. The lowest BCUT2D eigenvalue weighted by molar-refractivity contribution is 0.349. The molecule has 0 saturated carbocycles. The Morgan fingerprint density at radius 1 is 0.905 bits per heavy atom. The molecule has 0 aliphatic heterocycles. The first-order valence-corrected chi connectivity index (χ1v) is 7.44. The lowest BCUT2D eigenvalue weighted by atomic mass is 9.89. The standard InChI is InChI=1S/C20H23N/c1-20(2,15-9-14-18-10-5-3-6-11-18)17-21-16-19-12-7-4-8-13-19/h3-8,10-13,21H,15-17H2,1-2H3. The lowest BCUT2D eigenvalue weighted by Gasteiger charge is -2.22. The van der Waals surface area contributed by atoms with Gasteiger partial charge in [-0.2, -0.15) is 0 Å². The predicted octanol–water partition coefficient (Wildman–Crippen LogP) is 4.24. The molecule has 0 fully saturated rings. The van der Waals surface area contributed by atoms with Crippen molar-refractivity contribution in [3.8, 4) is 11.8 Å². The van der Waals surface area contributed by atoms with E-state index in [0.29, 0.717) is 0 Å². The van der Waals surface area contributed by atoms with Gasteiger partial charge in [0.15, 0.2) is 0 Å². The Morgan fingerprint density at radius 2 is 1.52 bits per heavy atom. The molecular weight excluding hydrogens is 254 g/mol. The summed E-state index contributed by atoms with van der Waals surface area (Å²) in [7, 11) is 0. The Balaban J connectivity index is 1.78. The molecule has 0 aliphatic carbocycles. The molecule has 0 saturated heterocycles. The van der Waals surface area contributed by atoms with Crippen LogP contribution in [-0.2, 0) is 6.54 Å². The zero-order valence-electron chi connectivity index (χ0n) is 12.9. The normalized spacial score (nSPS) is 10.8. The molecule has 0 unspecified atom stereocenters. The summed E-state index contributed by atoms with van der Waals surface area (Å²) in [6.07, 6.45) is 0.893. The molecule has 0 aromatic heterocycles. The van der Waals surface area contributed by atoms with Crippen molar-refractivity contribution in [2.45, 2.75) is 26.8 Å². The van der Waals surface area contributed by atoms with Crippen LogP contribution in [0.1, 0.15) is 31.4 Å². The predicted molar refractivity (Wildman–Crippen MR) is 89.9 cm³/mol. The van der Waals surface area contributed by atoms with E-state index >= 15 is 0 Å². The summed E-state index contributed by atoms with van der Waals surface area (Å²) in [5.41, 5.74) is 2.59. The first-order valence-electron chi connectivity index (χ1n) is 7.44. The van der Waals surface area contributed by atoms with Crippen molar-refractivity contribution in [2.75, 3.05) is 6.54 Å². The summed E-state index contributed by atoms with van der Waals surface area (Å²) in [5, 5.41) is 3.52. The zero-order valence-corrected chi connectivity index (χ0v) is 12.9. The molecule has 2 aromatic carbocycles. The van der Waals surface area contributed by atoms with Gasteiger partial charge in [0.25, 0.3) is 0 Å². The summed E-state index contributed by atoms with van der Waals surface area (Å²) in [6, 6.07) is 20.7. The molecule has 2 aromatic rings. The molecule has 0 amide bonds. The van der Waals surface area contributed by atoms with Crippen molar-refractivity contribution in [1.29, 1.82) is 0 Å². The molecule has 0 bridgehead atoms. The van der Waals surface area contributed by atoms with Crippen LogP contribution in [0.2, 0.25) is 0 Å². The summed E-state index contributed by atoms with van der Waals surface area (Å²) in [5.74, 6) is 6.53. The number of benzene rings is 2. The number of hydrogen-bond donors (Lipinski definition) is 1. The smallest absolute Gasteiger partial charge is 0.0245 e. The van der Waals surface area contributed by atoms with E-state index in [-0.39, 0.29) is 5.41 Å². The minimum atomic E-state index is 0.177. The molecule has 0 aliphatic rings. The minimum Gasteiger partial charge on any atom is -0.312 e. The number of hydrogen-bond acceptors (Lipinski definition) is 1. The topological polar surface area (TPSA) is 12.0 Å². The van der Waals surface area contributed by atoms with E-state index in [1.807, 2.05) is 36.4 Å². The van der Waals surface area contributed by atoms with Gasteiger partial charge in [0.05, 0.1) is 0 Å². The second-order valence-electron chi connectivity index (χ2n) is 6.10. The van der Waals surface area contributed by atoms with Gasteiger partial charge in [0.2, 0.25) is 0 Å². The van der Waals surface area contributed by atoms with Crippen molar-refractivity contribution < 1.29 is 0 Å². The van der Waals surface area contributed by atoms with Crippen LogP contribution in [0.3, 0.4) is 0 Å². The van der Waals surface area contributed by atoms with Gasteiger partial charge in [-0.3, -0.25) is 0 Å². The van der Waals surface area contributed by atoms with Crippen LogP contribution < -0.4 is 5.32 Å². The summed E-state index contributed by atoms with van der Waals surface area (Å²) in [6.45, 7) is 6.39. The number of rotatable bonds is 5. The van der Waals surface area contributed by atoms with Crippen LogP contribution in [0.25, 0.3) is 0 Å². The second-order valence-corrected chi connectivity index (χ2v) is 6.10. The molecule has 0 heterocycles. The monoisotopic (exact) mass is 277 g/mol. The first-order chi connectivity index (χ1) is 10.2. The molecule has 2 rings (SSSR count). The van der Waals surface area contributed by atoms with Gasteiger partial charge in [-0.25, -0.2) is 0 Å². The molecule has 0 spiro atoms. The van der Waals surface area contributed by atoms with Crippen molar-refractivity contribution in [3.05, 3.63) is 71.8 Å². The van der Waals surface area contributed by atoms with Gasteiger partial charge in [0, 0.05) is 25.1 Å². The SMILES string of the molecule is CC(C)(CC#Cc1ccccc1)CNCc1ccccc1. The maximum atomic E-state index is 3.52. The maximum absolute atomic E-state index is 3.52. The van der Waals surface area contributed by atoms with Crippen LogP contribution in [-0.4, -0.2) is 6.54 Å². The number of nitrogens with one attached hydrogen (secondary N) is 1. The van der Waals surface area contributed by atoms with E-state index in [1.54, 1.807) is 0 Å². The van der Waals surface area contributed by atoms with Crippen LogP contribution in [0.15, 0.2) is 60.7 Å². The molecule has 108 valence electrons. The van der Waals surface area contributed by atoms with Gasteiger partial charge < -0.3 is 5.32 Å². The second kappa shape index (κ2) is 7.67. The quantitative estimate of drug-likeness (QED) is 0.806. The molecule has 1 heteroatoms. The van der Waals surface area contributed by atoms with E-state index in [9.17, 15) is 0 Å². The van der Waals surface area contributed by atoms with Crippen LogP contribution in [0, 0.1) is 17.3 Å². The van der Waals surface area contributed by atoms with Crippen LogP contribution in [0.4, 0.5) is 0 Å². The Morgan fingerprint density at radius 3 is 2.19 bits per heavy atom. The summed E-state index contributed by atoms with van der Waals surface area (Å²) < 4.78 is 0. The average molecular weight is 277 g/mol. The minimum absolute atomic E-state index is 0.177. The van der Waals surface area contributed by atoms with Crippen molar-refractivity contribution in [3.63, 3.8) is 0 Å². The van der Waals surface area contributed by atoms with E-state index < -0.39 is 0 Å². The lowest BCUT2D eigenvalue weighted by Crippen LogP contribution is -2.28. The highest BCUT2D eigenvalue weighted by Gasteiger charge is 2.15. The molecular formula is C20H23N. The van der Waals surface area contributed by atoms with E-state index in [0.717, 1.165) is 25.1 Å². The fourth-order valence-electron chi connectivity index (χ4n) is 2.11. The summed E-state index contributed by atoms with van der Waals surface area (Å²) >= 11 is 0. The third-order valence-electron chi connectivity index (χ3n) is 3.35. The van der Waals surface area contributed by atoms with Gasteiger partial charge in [-0.1, -0.05) is 74.2 Å². The molecule has 1 N–H and O–H groups in total. The van der Waals surface area contributed by atoms with Crippen LogP contribution in [0.5, 0.6) is 0 Å². The zero-order chi connectivity index (χ0) is 15.0. The van der Waals surface area contributed by atoms with Gasteiger partial charge >= 0.3 is 0 Å². The van der Waals surface area contributed by atoms with Crippen molar-refractivity contribution in [2.24, 2.45) is 5.41 Å². The Labute approximate surface area is 128 Å². The Hall–Kier alpha value is -2.04. The average Bonchev–Trinajstić information content (AvgIpc) is 2.49. The van der Waals surface area contributed by atoms with E-state index in [4.69, 9.17) is 0 Å². The van der Waals surface area contributed by atoms with E-state index in [1.165, 1.54) is 5.56 Å². The van der Waals surface area contributed by atoms with Crippen molar-refractivity contribution >= 4 is 0 Å². The maximum Gasteiger partial charge on any atom is 0.0245 e. The molecule has 1 nitrogen and oxygen atoms in total. The molecule has 21 heavy (non-hydrogen) atoms. The van der Waals surface area contributed by atoms with Gasteiger partial charge in [-0.05, 0) is 23.1 Å². The fraction of sp³-hybridized carbons (Fsp3) is 0.300.